The molecule has 2 rings (SSSR count). The second-order valence-corrected chi connectivity index (χ2v) is 10.3. The fraction of sp³-hybridized carbons (Fsp3) is 0.667. The van der Waals surface area contributed by atoms with Crippen LogP contribution in [0, 0.1) is 17.8 Å². The third-order valence-electron chi connectivity index (χ3n) is 4.48. The van der Waals surface area contributed by atoms with E-state index in [1.807, 2.05) is 27.7 Å². The zero-order chi connectivity index (χ0) is 19.5. The Morgan fingerprint density at radius 2 is 1.73 bits per heavy atom. The molecule has 148 valence electrons. The largest absolute Gasteiger partial charge is 0.296 e. The summed E-state index contributed by atoms with van der Waals surface area (Å²) in [4.78, 5) is 0.470. The topological polar surface area (TPSA) is 86.7 Å². The Morgan fingerprint density at radius 3 is 2.23 bits per heavy atom. The van der Waals surface area contributed by atoms with E-state index in [4.69, 9.17) is 8.37 Å². The maximum absolute atomic E-state index is 12.3. The van der Waals surface area contributed by atoms with Gasteiger partial charge >= 0.3 is 0 Å². The van der Waals surface area contributed by atoms with Crippen LogP contribution in [0.4, 0.5) is 0 Å². The minimum atomic E-state index is -3.89. The first-order valence-electron chi connectivity index (χ1n) is 9.00. The third kappa shape index (κ3) is 5.06. The van der Waals surface area contributed by atoms with E-state index in [-0.39, 0.29) is 30.0 Å². The lowest BCUT2D eigenvalue weighted by atomic mass is 10.0. The van der Waals surface area contributed by atoms with Gasteiger partial charge in [-0.3, -0.25) is 8.37 Å². The van der Waals surface area contributed by atoms with E-state index in [1.54, 1.807) is 12.2 Å². The lowest BCUT2D eigenvalue weighted by Gasteiger charge is -2.12. The van der Waals surface area contributed by atoms with Crippen LogP contribution >= 0.6 is 0 Å². The molecule has 0 aromatic heterocycles. The molecule has 0 N–H and O–H groups in total. The number of rotatable bonds is 10. The van der Waals surface area contributed by atoms with Crippen molar-refractivity contribution in [2.24, 2.45) is 17.8 Å². The van der Waals surface area contributed by atoms with Crippen LogP contribution in [0.1, 0.15) is 47.0 Å². The second-order valence-electron chi connectivity index (χ2n) is 7.09. The molecule has 8 heteroatoms. The summed E-state index contributed by atoms with van der Waals surface area (Å²) in [7, 11) is -7.71. The minimum absolute atomic E-state index is 0.0517. The lowest BCUT2D eigenvalue weighted by Crippen LogP contribution is -2.16. The summed E-state index contributed by atoms with van der Waals surface area (Å²) in [6.45, 7) is 7.27. The molecule has 1 unspecified atom stereocenters. The van der Waals surface area contributed by atoms with E-state index in [1.165, 1.54) is 6.08 Å². The van der Waals surface area contributed by atoms with Crippen molar-refractivity contribution in [2.75, 3.05) is 13.2 Å². The van der Waals surface area contributed by atoms with Crippen molar-refractivity contribution in [3.63, 3.8) is 0 Å². The van der Waals surface area contributed by atoms with Gasteiger partial charge in [0.1, 0.15) is 0 Å². The second kappa shape index (κ2) is 8.37. The summed E-state index contributed by atoms with van der Waals surface area (Å²) >= 11 is 0. The molecule has 2 atom stereocenters. The molecule has 0 aromatic carbocycles. The van der Waals surface area contributed by atoms with Gasteiger partial charge in [-0.05, 0) is 36.3 Å². The van der Waals surface area contributed by atoms with E-state index in [0.29, 0.717) is 17.2 Å². The number of hydrogen-bond donors (Lipinski definition) is 0. The summed E-state index contributed by atoms with van der Waals surface area (Å²) in [6, 6.07) is 0. The zero-order valence-electron chi connectivity index (χ0n) is 15.8. The summed E-state index contributed by atoms with van der Waals surface area (Å²) < 4.78 is 58.8. The van der Waals surface area contributed by atoms with Crippen molar-refractivity contribution >= 4 is 20.2 Å². The highest BCUT2D eigenvalue weighted by atomic mass is 32.2. The van der Waals surface area contributed by atoms with Crippen LogP contribution in [0.2, 0.25) is 0 Å². The molecule has 0 fully saturated rings. The van der Waals surface area contributed by atoms with Gasteiger partial charge in [-0.2, -0.15) is 16.8 Å². The van der Waals surface area contributed by atoms with Crippen LogP contribution in [0.15, 0.2) is 33.6 Å². The van der Waals surface area contributed by atoms with Gasteiger partial charge in [0.15, 0.2) is 0 Å². The quantitative estimate of drug-likeness (QED) is 0.409. The average molecular weight is 405 g/mol. The molecule has 26 heavy (non-hydrogen) atoms. The van der Waals surface area contributed by atoms with Crippen LogP contribution in [0.5, 0.6) is 0 Å². The van der Waals surface area contributed by atoms with Crippen molar-refractivity contribution in [3.8, 4) is 0 Å². The first-order valence-corrected chi connectivity index (χ1v) is 11.8. The highest BCUT2D eigenvalue weighted by Gasteiger charge is 2.46. The zero-order valence-corrected chi connectivity index (χ0v) is 17.4. The molecule has 0 heterocycles. The molecule has 0 bridgehead atoms. The fourth-order valence-corrected chi connectivity index (χ4v) is 5.74. The van der Waals surface area contributed by atoms with Crippen molar-refractivity contribution < 1.29 is 25.2 Å². The number of allylic oxidation sites excluding steroid dienone is 5. The Balaban J connectivity index is 1.88. The Labute approximate surface area is 157 Å². The van der Waals surface area contributed by atoms with Crippen molar-refractivity contribution in [3.05, 3.63) is 33.6 Å². The Morgan fingerprint density at radius 1 is 1.12 bits per heavy atom. The van der Waals surface area contributed by atoms with E-state index >= 15 is 0 Å². The van der Waals surface area contributed by atoms with E-state index in [9.17, 15) is 16.8 Å². The Kier molecular flexibility index (Phi) is 6.87. The molecule has 0 radical (unpaired) electrons. The SMILES string of the molecule is CCCC1=C(S(=O)(=O)OCCOS(=O)(=O)C2=CCC(C)C=C2)[C@H]1C(C)C. The summed E-state index contributed by atoms with van der Waals surface area (Å²) in [6.07, 6.45) is 7.17. The van der Waals surface area contributed by atoms with Gasteiger partial charge in [-0.25, -0.2) is 0 Å². The van der Waals surface area contributed by atoms with Crippen molar-refractivity contribution in [2.45, 2.75) is 47.0 Å². The first-order chi connectivity index (χ1) is 12.1. The Hall–Kier alpha value is -0.960. The van der Waals surface area contributed by atoms with Crippen molar-refractivity contribution in [1.29, 1.82) is 0 Å². The maximum atomic E-state index is 12.3. The predicted octanol–water partition coefficient (Wildman–Crippen LogP) is 3.50. The molecule has 2 aliphatic carbocycles. The van der Waals surface area contributed by atoms with Gasteiger partial charge in [0.05, 0.1) is 23.0 Å². The smallest absolute Gasteiger partial charge is 0.264 e. The van der Waals surface area contributed by atoms with E-state index < -0.39 is 20.2 Å². The van der Waals surface area contributed by atoms with Crippen LogP contribution in [-0.4, -0.2) is 30.0 Å². The summed E-state index contributed by atoms with van der Waals surface area (Å²) in [5.41, 5.74) is 0.933. The van der Waals surface area contributed by atoms with Gasteiger partial charge in [0.2, 0.25) is 0 Å². The first kappa shape index (κ1) is 21.3. The average Bonchev–Trinajstić information content (AvgIpc) is 3.28. The molecular weight excluding hydrogens is 376 g/mol. The van der Waals surface area contributed by atoms with Crippen LogP contribution in [0.25, 0.3) is 0 Å². The summed E-state index contributed by atoms with van der Waals surface area (Å²) in [5, 5.41) is 0. The van der Waals surface area contributed by atoms with Crippen LogP contribution in [-0.2, 0) is 28.6 Å². The van der Waals surface area contributed by atoms with Gasteiger partial charge in [-0.15, -0.1) is 0 Å². The molecule has 0 spiro atoms. The van der Waals surface area contributed by atoms with Gasteiger partial charge < -0.3 is 0 Å². The molecule has 2 aliphatic rings. The lowest BCUT2D eigenvalue weighted by molar-refractivity contribution is 0.228. The highest BCUT2D eigenvalue weighted by Crippen LogP contribution is 2.50. The normalized spacial score (nSPS) is 23.5. The molecule has 0 amide bonds. The van der Waals surface area contributed by atoms with Gasteiger partial charge in [0.25, 0.3) is 20.2 Å². The monoisotopic (exact) mass is 404 g/mol. The molecule has 6 nitrogen and oxygen atoms in total. The van der Waals surface area contributed by atoms with E-state index in [0.717, 1.165) is 18.4 Å². The predicted molar refractivity (Wildman–Crippen MR) is 101 cm³/mol. The molecule has 0 saturated heterocycles. The van der Waals surface area contributed by atoms with Gasteiger partial charge in [-0.1, -0.05) is 46.3 Å². The molecular formula is C18H28O6S2. The summed E-state index contributed by atoms with van der Waals surface area (Å²) in [5.74, 6) is 0.443. The minimum Gasteiger partial charge on any atom is -0.264 e. The van der Waals surface area contributed by atoms with Crippen LogP contribution < -0.4 is 0 Å². The van der Waals surface area contributed by atoms with Crippen LogP contribution in [0.3, 0.4) is 0 Å². The molecule has 0 aromatic rings. The highest BCUT2D eigenvalue weighted by molar-refractivity contribution is 7.91. The van der Waals surface area contributed by atoms with Crippen molar-refractivity contribution in [1.82, 2.24) is 0 Å². The maximum Gasteiger partial charge on any atom is 0.296 e. The Bertz CT molecular complexity index is 816. The third-order valence-corrected chi connectivity index (χ3v) is 7.36. The standard InChI is InChI=1S/C18H28O6S2/c1-5-6-16-17(13(2)3)18(16)26(21,22)24-12-11-23-25(19,20)15-9-7-14(4)8-10-15/h7,9-10,13-14,17H,5-6,8,11-12H2,1-4H3/t14?,17-/m0/s1. The van der Waals surface area contributed by atoms with E-state index in [2.05, 4.69) is 0 Å². The number of hydrogen-bond acceptors (Lipinski definition) is 6. The fourth-order valence-electron chi connectivity index (χ4n) is 3.14. The molecule has 0 saturated carbocycles. The van der Waals surface area contributed by atoms with Gasteiger partial charge in [0, 0.05) is 5.92 Å². The molecule has 0 aliphatic heterocycles.